The molecule has 0 spiro atoms. The van der Waals surface area contributed by atoms with Crippen molar-refractivity contribution >= 4 is 0 Å². The first kappa shape index (κ1) is 8.10. The summed E-state index contributed by atoms with van der Waals surface area (Å²) in [6.45, 7) is 11.9. The second-order valence-corrected chi connectivity index (χ2v) is 4.76. The van der Waals surface area contributed by atoms with E-state index in [0.29, 0.717) is 10.8 Å². The van der Waals surface area contributed by atoms with Gasteiger partial charge >= 0.3 is 0 Å². The lowest BCUT2D eigenvalue weighted by Gasteiger charge is -2.59. The van der Waals surface area contributed by atoms with Crippen molar-refractivity contribution < 1.29 is 0 Å². The van der Waals surface area contributed by atoms with Crippen molar-refractivity contribution in [3.8, 4) is 0 Å². The van der Waals surface area contributed by atoms with Gasteiger partial charge in [-0.2, -0.15) is 0 Å². The first-order valence-corrected chi connectivity index (χ1v) is 4.44. The standard InChI is InChI=1S/C10H20/c1-6-10(5)8(2)7-9(10,3)4/h8H,6-7H2,1-5H3. The molecule has 0 bridgehead atoms. The van der Waals surface area contributed by atoms with Gasteiger partial charge in [0.15, 0.2) is 0 Å². The van der Waals surface area contributed by atoms with Gasteiger partial charge < -0.3 is 0 Å². The van der Waals surface area contributed by atoms with Crippen LogP contribution < -0.4 is 0 Å². The molecule has 0 radical (unpaired) electrons. The van der Waals surface area contributed by atoms with Crippen molar-refractivity contribution in [3.63, 3.8) is 0 Å². The van der Waals surface area contributed by atoms with Crippen LogP contribution >= 0.6 is 0 Å². The third kappa shape index (κ3) is 0.741. The first-order chi connectivity index (χ1) is 4.44. The van der Waals surface area contributed by atoms with Crippen molar-refractivity contribution in [2.75, 3.05) is 0 Å². The van der Waals surface area contributed by atoms with Gasteiger partial charge in [-0.1, -0.05) is 34.6 Å². The molecule has 0 N–H and O–H groups in total. The van der Waals surface area contributed by atoms with E-state index in [1.165, 1.54) is 12.8 Å². The van der Waals surface area contributed by atoms with E-state index in [2.05, 4.69) is 34.6 Å². The van der Waals surface area contributed by atoms with Crippen molar-refractivity contribution in [2.24, 2.45) is 16.7 Å². The van der Waals surface area contributed by atoms with Gasteiger partial charge in [-0.3, -0.25) is 0 Å². The molecule has 0 aliphatic heterocycles. The maximum atomic E-state index is 2.43. The first-order valence-electron chi connectivity index (χ1n) is 4.44. The lowest BCUT2D eigenvalue weighted by atomic mass is 9.45. The number of rotatable bonds is 1. The molecule has 0 nitrogen and oxygen atoms in total. The normalized spacial score (nSPS) is 44.7. The number of hydrogen-bond acceptors (Lipinski definition) is 0. The maximum absolute atomic E-state index is 2.43. The highest BCUT2D eigenvalue weighted by Gasteiger charge is 2.53. The molecule has 0 heterocycles. The van der Waals surface area contributed by atoms with E-state index in [-0.39, 0.29) is 0 Å². The van der Waals surface area contributed by atoms with Gasteiger partial charge in [0.1, 0.15) is 0 Å². The molecular weight excluding hydrogens is 120 g/mol. The summed E-state index contributed by atoms with van der Waals surface area (Å²) in [6, 6.07) is 0. The summed E-state index contributed by atoms with van der Waals surface area (Å²) in [5, 5.41) is 0. The molecule has 1 saturated carbocycles. The van der Waals surface area contributed by atoms with Gasteiger partial charge in [-0.25, -0.2) is 0 Å². The minimum atomic E-state index is 0.598. The molecule has 0 amide bonds. The summed E-state index contributed by atoms with van der Waals surface area (Å²) in [6.07, 6.45) is 2.75. The highest BCUT2D eigenvalue weighted by atomic mass is 14.6. The molecule has 1 aliphatic carbocycles. The van der Waals surface area contributed by atoms with E-state index in [9.17, 15) is 0 Å². The molecule has 0 aromatic carbocycles. The zero-order chi connectivity index (χ0) is 7.99. The smallest absolute Gasteiger partial charge is 0.0251 e. The topological polar surface area (TPSA) is 0 Å². The SMILES string of the molecule is CCC1(C)C(C)CC1(C)C. The van der Waals surface area contributed by atoms with E-state index < -0.39 is 0 Å². The predicted molar refractivity (Wildman–Crippen MR) is 46.0 cm³/mol. The van der Waals surface area contributed by atoms with Crippen LogP contribution in [-0.4, -0.2) is 0 Å². The fourth-order valence-corrected chi connectivity index (χ4v) is 2.59. The second-order valence-electron chi connectivity index (χ2n) is 4.76. The largest absolute Gasteiger partial charge is 0.0648 e. The molecule has 60 valence electrons. The Morgan fingerprint density at radius 3 is 1.90 bits per heavy atom. The van der Waals surface area contributed by atoms with Gasteiger partial charge in [0.25, 0.3) is 0 Å². The molecule has 0 aromatic heterocycles. The van der Waals surface area contributed by atoms with Crippen LogP contribution in [0.1, 0.15) is 47.5 Å². The van der Waals surface area contributed by atoms with E-state index in [0.717, 1.165) is 5.92 Å². The molecule has 2 atom stereocenters. The fourth-order valence-electron chi connectivity index (χ4n) is 2.59. The quantitative estimate of drug-likeness (QED) is 0.523. The summed E-state index contributed by atoms with van der Waals surface area (Å²) < 4.78 is 0. The Kier molecular flexibility index (Phi) is 1.61. The molecule has 1 fully saturated rings. The molecular formula is C10H20. The van der Waals surface area contributed by atoms with Crippen LogP contribution in [0.15, 0.2) is 0 Å². The Morgan fingerprint density at radius 2 is 1.80 bits per heavy atom. The predicted octanol–water partition coefficient (Wildman–Crippen LogP) is 3.47. The Bertz CT molecular complexity index is 135. The summed E-state index contributed by atoms with van der Waals surface area (Å²) in [5.74, 6) is 0.937. The molecule has 0 saturated heterocycles. The molecule has 2 unspecified atom stereocenters. The number of hydrogen-bond donors (Lipinski definition) is 0. The maximum Gasteiger partial charge on any atom is -0.0251 e. The van der Waals surface area contributed by atoms with Crippen LogP contribution in [0.2, 0.25) is 0 Å². The van der Waals surface area contributed by atoms with Gasteiger partial charge in [0, 0.05) is 0 Å². The van der Waals surface area contributed by atoms with E-state index in [1.54, 1.807) is 0 Å². The van der Waals surface area contributed by atoms with Crippen LogP contribution in [0.3, 0.4) is 0 Å². The molecule has 1 aliphatic rings. The summed E-state index contributed by atoms with van der Waals surface area (Å²) >= 11 is 0. The van der Waals surface area contributed by atoms with Gasteiger partial charge in [0.2, 0.25) is 0 Å². The average molecular weight is 140 g/mol. The van der Waals surface area contributed by atoms with E-state index >= 15 is 0 Å². The Morgan fingerprint density at radius 1 is 1.30 bits per heavy atom. The minimum Gasteiger partial charge on any atom is -0.0648 e. The Hall–Kier alpha value is 0. The van der Waals surface area contributed by atoms with Crippen LogP contribution in [-0.2, 0) is 0 Å². The highest BCUT2D eigenvalue weighted by Crippen LogP contribution is 2.61. The van der Waals surface area contributed by atoms with Gasteiger partial charge in [-0.15, -0.1) is 0 Å². The highest BCUT2D eigenvalue weighted by molar-refractivity contribution is 5.02. The Balaban J connectivity index is 2.73. The van der Waals surface area contributed by atoms with Crippen LogP contribution in [0, 0.1) is 16.7 Å². The monoisotopic (exact) mass is 140 g/mol. The Labute approximate surface area is 65.0 Å². The third-order valence-electron chi connectivity index (χ3n) is 4.18. The zero-order valence-corrected chi connectivity index (χ0v) is 7.99. The van der Waals surface area contributed by atoms with Crippen LogP contribution in [0.5, 0.6) is 0 Å². The molecule has 0 aromatic rings. The van der Waals surface area contributed by atoms with Crippen LogP contribution in [0.25, 0.3) is 0 Å². The van der Waals surface area contributed by atoms with Gasteiger partial charge in [0.05, 0.1) is 0 Å². The van der Waals surface area contributed by atoms with Crippen molar-refractivity contribution in [1.29, 1.82) is 0 Å². The minimum absolute atomic E-state index is 0.598. The summed E-state index contributed by atoms with van der Waals surface area (Å²) in [5.41, 5.74) is 1.22. The van der Waals surface area contributed by atoms with Crippen molar-refractivity contribution in [2.45, 2.75) is 47.5 Å². The summed E-state index contributed by atoms with van der Waals surface area (Å²) in [7, 11) is 0. The third-order valence-corrected chi connectivity index (χ3v) is 4.18. The average Bonchev–Trinajstić information content (AvgIpc) is 1.85. The second kappa shape index (κ2) is 1.99. The van der Waals surface area contributed by atoms with E-state index in [1.807, 2.05) is 0 Å². The molecule has 0 heteroatoms. The summed E-state index contributed by atoms with van der Waals surface area (Å²) in [4.78, 5) is 0. The zero-order valence-electron chi connectivity index (χ0n) is 7.99. The van der Waals surface area contributed by atoms with Crippen molar-refractivity contribution in [3.05, 3.63) is 0 Å². The lowest BCUT2D eigenvalue weighted by molar-refractivity contribution is -0.102. The van der Waals surface area contributed by atoms with Crippen LogP contribution in [0.4, 0.5) is 0 Å². The fraction of sp³-hybridized carbons (Fsp3) is 1.00. The van der Waals surface area contributed by atoms with Crippen molar-refractivity contribution in [1.82, 2.24) is 0 Å². The molecule has 1 rings (SSSR count). The van der Waals surface area contributed by atoms with E-state index in [4.69, 9.17) is 0 Å². The molecule has 10 heavy (non-hydrogen) atoms. The lowest BCUT2D eigenvalue weighted by Crippen LogP contribution is -2.51. The van der Waals surface area contributed by atoms with Gasteiger partial charge in [-0.05, 0) is 29.6 Å².